The summed E-state index contributed by atoms with van der Waals surface area (Å²) in [6.45, 7) is 3.13. The third kappa shape index (κ3) is 5.31. The van der Waals surface area contributed by atoms with E-state index in [0.29, 0.717) is 28.9 Å². The fraction of sp³-hybridized carbons (Fsp3) is 0.182. The number of methoxy groups -OCH3 is 1. The normalized spacial score (nSPS) is 10.5. The molecule has 0 saturated heterocycles. The molecule has 0 unspecified atom stereocenters. The van der Waals surface area contributed by atoms with Crippen LogP contribution < -0.4 is 14.8 Å². The molecule has 0 atom stereocenters. The molecule has 3 aromatic rings. The molecule has 140 valence electrons. The van der Waals surface area contributed by atoms with E-state index in [2.05, 4.69) is 36.5 Å². The number of benzene rings is 3. The van der Waals surface area contributed by atoms with Crippen molar-refractivity contribution in [2.45, 2.75) is 20.1 Å². The minimum Gasteiger partial charge on any atom is -0.495 e. The molecular formula is C22H21Cl2NO2. The van der Waals surface area contributed by atoms with Crippen LogP contribution in [0.4, 0.5) is 5.69 Å². The van der Waals surface area contributed by atoms with Gasteiger partial charge in [0.2, 0.25) is 0 Å². The third-order valence-electron chi connectivity index (χ3n) is 4.17. The van der Waals surface area contributed by atoms with Crippen LogP contribution in [0.3, 0.4) is 0 Å². The lowest BCUT2D eigenvalue weighted by atomic mass is 10.1. The van der Waals surface area contributed by atoms with E-state index >= 15 is 0 Å². The van der Waals surface area contributed by atoms with Crippen molar-refractivity contribution in [2.75, 3.05) is 12.4 Å². The largest absolute Gasteiger partial charge is 0.495 e. The molecule has 3 nitrogen and oxygen atoms in total. The van der Waals surface area contributed by atoms with Gasteiger partial charge in [-0.05, 0) is 48.9 Å². The van der Waals surface area contributed by atoms with Crippen molar-refractivity contribution in [3.05, 3.63) is 87.4 Å². The first kappa shape index (κ1) is 19.4. The smallest absolute Gasteiger partial charge is 0.137 e. The Bertz CT molecular complexity index is 911. The highest BCUT2D eigenvalue weighted by Crippen LogP contribution is 2.29. The van der Waals surface area contributed by atoms with Gasteiger partial charge >= 0.3 is 0 Å². The van der Waals surface area contributed by atoms with Crippen LogP contribution >= 0.6 is 23.2 Å². The molecule has 3 aromatic carbocycles. The second-order valence-electron chi connectivity index (χ2n) is 6.23. The minimum atomic E-state index is 0.503. The van der Waals surface area contributed by atoms with Crippen LogP contribution in [0.25, 0.3) is 0 Å². The van der Waals surface area contributed by atoms with Gasteiger partial charge in [0, 0.05) is 22.8 Å². The highest BCUT2D eigenvalue weighted by Gasteiger charge is 2.07. The molecule has 0 aliphatic rings. The maximum atomic E-state index is 6.19. The lowest BCUT2D eigenvalue weighted by Gasteiger charge is -2.14. The van der Waals surface area contributed by atoms with Crippen LogP contribution in [-0.4, -0.2) is 7.11 Å². The van der Waals surface area contributed by atoms with E-state index in [4.69, 9.17) is 32.7 Å². The Kier molecular flexibility index (Phi) is 6.49. The SMILES string of the molecule is COc1ccc(NCc2cc(Cl)ccc2OCc2ccc(C)cc2)cc1Cl. The highest BCUT2D eigenvalue weighted by molar-refractivity contribution is 6.32. The van der Waals surface area contributed by atoms with Crippen molar-refractivity contribution in [3.63, 3.8) is 0 Å². The third-order valence-corrected chi connectivity index (χ3v) is 4.70. The van der Waals surface area contributed by atoms with Crippen molar-refractivity contribution in [3.8, 4) is 11.5 Å². The maximum absolute atomic E-state index is 6.19. The van der Waals surface area contributed by atoms with Gasteiger partial charge in [0.15, 0.2) is 0 Å². The van der Waals surface area contributed by atoms with Gasteiger partial charge < -0.3 is 14.8 Å². The summed E-state index contributed by atoms with van der Waals surface area (Å²) in [6.07, 6.45) is 0. The quantitative estimate of drug-likeness (QED) is 0.489. The Morgan fingerprint density at radius 1 is 0.889 bits per heavy atom. The Morgan fingerprint density at radius 2 is 1.63 bits per heavy atom. The summed E-state index contributed by atoms with van der Waals surface area (Å²) >= 11 is 12.4. The molecule has 1 N–H and O–H groups in total. The predicted octanol–water partition coefficient (Wildman–Crippen LogP) is 6.50. The van der Waals surface area contributed by atoms with Gasteiger partial charge in [-0.25, -0.2) is 0 Å². The van der Waals surface area contributed by atoms with Crippen molar-refractivity contribution in [2.24, 2.45) is 0 Å². The molecule has 0 fully saturated rings. The molecule has 0 aromatic heterocycles. The van der Waals surface area contributed by atoms with Gasteiger partial charge in [-0.3, -0.25) is 0 Å². The maximum Gasteiger partial charge on any atom is 0.137 e. The Morgan fingerprint density at radius 3 is 2.33 bits per heavy atom. The number of hydrogen-bond acceptors (Lipinski definition) is 3. The van der Waals surface area contributed by atoms with E-state index in [1.54, 1.807) is 7.11 Å². The first-order chi connectivity index (χ1) is 13.0. The molecule has 27 heavy (non-hydrogen) atoms. The van der Waals surface area contributed by atoms with Crippen molar-refractivity contribution in [1.82, 2.24) is 0 Å². The molecule has 0 radical (unpaired) electrons. The summed E-state index contributed by atoms with van der Waals surface area (Å²) in [5, 5.41) is 4.58. The Labute approximate surface area is 169 Å². The van der Waals surface area contributed by atoms with E-state index in [0.717, 1.165) is 22.6 Å². The average molecular weight is 402 g/mol. The number of hydrogen-bond donors (Lipinski definition) is 1. The lowest BCUT2D eigenvalue weighted by Crippen LogP contribution is -2.04. The summed E-state index contributed by atoms with van der Waals surface area (Å²) in [6, 6.07) is 19.5. The van der Waals surface area contributed by atoms with Crippen LogP contribution in [0.2, 0.25) is 10.0 Å². The zero-order valence-corrected chi connectivity index (χ0v) is 16.8. The second kappa shape index (κ2) is 9.03. The van der Waals surface area contributed by atoms with Gasteiger partial charge in [-0.2, -0.15) is 0 Å². The predicted molar refractivity (Wildman–Crippen MR) is 112 cm³/mol. The summed E-state index contributed by atoms with van der Waals surface area (Å²) in [5.74, 6) is 1.44. The van der Waals surface area contributed by atoms with Gasteiger partial charge in [-0.1, -0.05) is 53.0 Å². The molecule has 0 heterocycles. The number of halogens is 2. The van der Waals surface area contributed by atoms with Crippen LogP contribution in [0.5, 0.6) is 11.5 Å². The fourth-order valence-corrected chi connectivity index (χ4v) is 3.10. The highest BCUT2D eigenvalue weighted by atomic mass is 35.5. The van der Waals surface area contributed by atoms with E-state index < -0.39 is 0 Å². The first-order valence-electron chi connectivity index (χ1n) is 8.59. The van der Waals surface area contributed by atoms with Gasteiger partial charge in [0.1, 0.15) is 18.1 Å². The van der Waals surface area contributed by atoms with Gasteiger partial charge in [0.25, 0.3) is 0 Å². The number of aryl methyl sites for hydroxylation is 1. The van der Waals surface area contributed by atoms with Crippen molar-refractivity contribution < 1.29 is 9.47 Å². The number of ether oxygens (including phenoxy) is 2. The van der Waals surface area contributed by atoms with E-state index in [9.17, 15) is 0 Å². The molecule has 0 amide bonds. The summed E-state index contributed by atoms with van der Waals surface area (Å²) in [5.41, 5.74) is 4.22. The fourth-order valence-electron chi connectivity index (χ4n) is 2.65. The van der Waals surface area contributed by atoms with Crippen LogP contribution in [0.1, 0.15) is 16.7 Å². The lowest BCUT2D eigenvalue weighted by molar-refractivity contribution is 0.303. The summed E-state index contributed by atoms with van der Waals surface area (Å²) in [4.78, 5) is 0. The molecule has 0 saturated carbocycles. The molecule has 3 rings (SSSR count). The van der Waals surface area contributed by atoms with E-state index in [-0.39, 0.29) is 0 Å². The molecule has 0 aliphatic carbocycles. The molecule has 0 spiro atoms. The Hall–Kier alpha value is -2.36. The van der Waals surface area contributed by atoms with Crippen molar-refractivity contribution >= 4 is 28.9 Å². The van der Waals surface area contributed by atoms with E-state index in [1.807, 2.05) is 36.4 Å². The number of rotatable bonds is 7. The molecular weight excluding hydrogens is 381 g/mol. The van der Waals surface area contributed by atoms with Gasteiger partial charge in [-0.15, -0.1) is 0 Å². The zero-order valence-electron chi connectivity index (χ0n) is 15.3. The molecule has 0 bridgehead atoms. The average Bonchev–Trinajstić information content (AvgIpc) is 2.67. The molecule has 0 aliphatic heterocycles. The van der Waals surface area contributed by atoms with Crippen molar-refractivity contribution in [1.29, 1.82) is 0 Å². The van der Waals surface area contributed by atoms with E-state index in [1.165, 1.54) is 5.56 Å². The van der Waals surface area contributed by atoms with Gasteiger partial charge in [0.05, 0.1) is 12.1 Å². The van der Waals surface area contributed by atoms with Crippen LogP contribution in [0, 0.1) is 6.92 Å². The second-order valence-corrected chi connectivity index (χ2v) is 7.07. The monoisotopic (exact) mass is 401 g/mol. The zero-order chi connectivity index (χ0) is 19.2. The number of nitrogens with one attached hydrogen (secondary N) is 1. The van der Waals surface area contributed by atoms with Crippen LogP contribution in [0.15, 0.2) is 60.7 Å². The molecule has 5 heteroatoms. The summed E-state index contributed by atoms with van der Waals surface area (Å²) in [7, 11) is 1.60. The minimum absolute atomic E-state index is 0.503. The number of anilines is 1. The summed E-state index contributed by atoms with van der Waals surface area (Å²) < 4.78 is 11.2. The van der Waals surface area contributed by atoms with Crippen LogP contribution in [-0.2, 0) is 13.2 Å². The standard InChI is InChI=1S/C22H21Cl2NO2/c1-15-3-5-16(6-4-15)14-27-21-9-7-18(23)11-17(21)13-25-19-8-10-22(26-2)20(24)12-19/h3-12,25H,13-14H2,1-2H3. The first-order valence-corrected chi connectivity index (χ1v) is 9.35. The topological polar surface area (TPSA) is 30.5 Å². The Balaban J connectivity index is 1.70.